The molecule has 1 atom stereocenters. The van der Waals surface area contributed by atoms with Gasteiger partial charge in [0.05, 0.1) is 11.8 Å². The maximum atomic E-state index is 10.2. The Labute approximate surface area is 109 Å². The molecule has 3 nitrogen and oxygen atoms in total. The molecule has 0 radical (unpaired) electrons. The van der Waals surface area contributed by atoms with Crippen LogP contribution in [0.5, 0.6) is 0 Å². The molecule has 0 amide bonds. The largest absolute Gasteiger partial charge is 0.388 e. The summed E-state index contributed by atoms with van der Waals surface area (Å²) in [7, 11) is 0. The molecule has 0 fully saturated rings. The van der Waals surface area contributed by atoms with Crippen molar-refractivity contribution >= 4 is 16.3 Å². The minimum absolute atomic E-state index is 0.491. The third-order valence-electron chi connectivity index (χ3n) is 3.01. The zero-order valence-electron chi connectivity index (χ0n) is 10.1. The van der Waals surface area contributed by atoms with Crippen molar-refractivity contribution in [3.63, 3.8) is 0 Å². The molecule has 2 aromatic heterocycles. The second-order valence-electron chi connectivity index (χ2n) is 4.46. The number of hydrogen-bond donors (Lipinski definition) is 1. The average Bonchev–Trinajstić information content (AvgIpc) is 2.90. The van der Waals surface area contributed by atoms with Crippen LogP contribution in [0.1, 0.15) is 22.9 Å². The number of fused-ring (bicyclic) bond motifs is 1. The fourth-order valence-electron chi connectivity index (χ4n) is 1.98. The number of imidazole rings is 1. The molecule has 0 aliphatic heterocycles. The van der Waals surface area contributed by atoms with Gasteiger partial charge >= 0.3 is 0 Å². The molecule has 3 rings (SSSR count). The van der Waals surface area contributed by atoms with Gasteiger partial charge in [0.25, 0.3) is 0 Å². The number of aliphatic hydroxyl groups excluding tert-OH is 1. The van der Waals surface area contributed by atoms with E-state index in [9.17, 15) is 5.11 Å². The number of nitrogens with zero attached hydrogens (tertiary/aromatic N) is 2. The minimum atomic E-state index is -0.491. The van der Waals surface area contributed by atoms with Crippen molar-refractivity contribution in [2.75, 3.05) is 0 Å². The van der Waals surface area contributed by atoms with E-state index in [1.807, 2.05) is 53.4 Å². The van der Waals surface area contributed by atoms with Crippen molar-refractivity contribution in [3.8, 4) is 0 Å². The number of rotatable bonds is 3. The van der Waals surface area contributed by atoms with Crippen LogP contribution in [0.4, 0.5) is 0 Å². The van der Waals surface area contributed by atoms with Crippen molar-refractivity contribution in [2.24, 2.45) is 0 Å². The van der Waals surface area contributed by atoms with Gasteiger partial charge in [-0.25, -0.2) is 4.98 Å². The van der Waals surface area contributed by atoms with Crippen LogP contribution in [-0.4, -0.2) is 14.5 Å². The minimum Gasteiger partial charge on any atom is -0.388 e. The van der Waals surface area contributed by atoms with Crippen molar-refractivity contribution in [2.45, 2.75) is 19.4 Å². The van der Waals surface area contributed by atoms with Crippen molar-refractivity contribution in [1.29, 1.82) is 0 Å². The summed E-state index contributed by atoms with van der Waals surface area (Å²) in [5.74, 6) is 0. The van der Waals surface area contributed by atoms with E-state index in [0.717, 1.165) is 16.2 Å². The molecule has 2 heterocycles. The van der Waals surface area contributed by atoms with Gasteiger partial charge in [-0.2, -0.15) is 0 Å². The molecule has 0 bridgehead atoms. The molecule has 0 spiro atoms. The third kappa shape index (κ3) is 2.17. The fraction of sp³-hybridized carbons (Fsp3) is 0.214. The lowest BCUT2D eigenvalue weighted by Gasteiger charge is -2.09. The first-order chi connectivity index (χ1) is 8.72. The molecule has 0 saturated heterocycles. The predicted octanol–water partition coefficient (Wildman–Crippen LogP) is 2.98. The Morgan fingerprint density at radius 3 is 2.83 bits per heavy atom. The summed E-state index contributed by atoms with van der Waals surface area (Å²) in [5.41, 5.74) is 3.07. The Hall–Kier alpha value is -1.65. The molecule has 1 unspecified atom stereocenters. The van der Waals surface area contributed by atoms with E-state index in [4.69, 9.17) is 0 Å². The van der Waals surface area contributed by atoms with Crippen LogP contribution in [0, 0.1) is 6.92 Å². The summed E-state index contributed by atoms with van der Waals surface area (Å²) in [4.78, 5) is 5.45. The molecular weight excluding hydrogens is 244 g/mol. The second-order valence-corrected chi connectivity index (χ2v) is 5.33. The van der Waals surface area contributed by atoms with Crippen LogP contribution in [0.25, 0.3) is 4.96 Å². The molecular formula is C14H14N2OS. The van der Waals surface area contributed by atoms with Gasteiger partial charge in [0, 0.05) is 24.2 Å². The van der Waals surface area contributed by atoms with Crippen LogP contribution in [0.15, 0.2) is 42.0 Å². The SMILES string of the molecule is Cc1ccc(C(O)Cc2cn3ccsc3n2)cc1. The summed E-state index contributed by atoms with van der Waals surface area (Å²) in [6.07, 6.45) is 4.02. The number of aliphatic hydroxyl groups is 1. The summed E-state index contributed by atoms with van der Waals surface area (Å²) in [6, 6.07) is 7.98. The maximum absolute atomic E-state index is 10.2. The Morgan fingerprint density at radius 1 is 1.33 bits per heavy atom. The third-order valence-corrected chi connectivity index (χ3v) is 3.78. The highest BCUT2D eigenvalue weighted by molar-refractivity contribution is 7.15. The molecule has 4 heteroatoms. The maximum Gasteiger partial charge on any atom is 0.193 e. The average molecular weight is 258 g/mol. The van der Waals surface area contributed by atoms with E-state index >= 15 is 0 Å². The van der Waals surface area contributed by atoms with Gasteiger partial charge in [0.1, 0.15) is 0 Å². The molecule has 3 aromatic rings. The van der Waals surface area contributed by atoms with Gasteiger partial charge < -0.3 is 5.11 Å². The highest BCUT2D eigenvalue weighted by atomic mass is 32.1. The first-order valence-corrected chi connectivity index (χ1v) is 6.76. The summed E-state index contributed by atoms with van der Waals surface area (Å²) in [5, 5.41) is 12.2. The number of thiazole rings is 1. The van der Waals surface area contributed by atoms with Crippen LogP contribution in [-0.2, 0) is 6.42 Å². The summed E-state index contributed by atoms with van der Waals surface area (Å²) >= 11 is 1.60. The normalized spacial score (nSPS) is 13.0. The van der Waals surface area contributed by atoms with E-state index in [2.05, 4.69) is 4.98 Å². The van der Waals surface area contributed by atoms with Crippen molar-refractivity contribution in [1.82, 2.24) is 9.38 Å². The Morgan fingerprint density at radius 2 is 2.11 bits per heavy atom. The lowest BCUT2D eigenvalue weighted by molar-refractivity contribution is 0.177. The fourth-order valence-corrected chi connectivity index (χ4v) is 2.70. The van der Waals surface area contributed by atoms with Crippen LogP contribution < -0.4 is 0 Å². The van der Waals surface area contributed by atoms with E-state index < -0.39 is 6.10 Å². The number of benzene rings is 1. The molecule has 92 valence electrons. The molecule has 18 heavy (non-hydrogen) atoms. The second kappa shape index (κ2) is 4.55. The van der Waals surface area contributed by atoms with Crippen molar-refractivity contribution in [3.05, 3.63) is 58.9 Å². The topological polar surface area (TPSA) is 37.5 Å². The summed E-state index contributed by atoms with van der Waals surface area (Å²) < 4.78 is 1.99. The van der Waals surface area contributed by atoms with Gasteiger partial charge in [-0.05, 0) is 12.5 Å². The molecule has 1 N–H and O–H groups in total. The van der Waals surface area contributed by atoms with Gasteiger partial charge in [-0.15, -0.1) is 11.3 Å². The standard InChI is InChI=1S/C14H14N2OS/c1-10-2-4-11(5-3-10)13(17)8-12-9-16-6-7-18-14(16)15-12/h2-7,9,13,17H,8H2,1H3. The highest BCUT2D eigenvalue weighted by Gasteiger charge is 2.11. The Balaban J connectivity index is 1.79. The Bertz CT molecular complexity index is 625. The predicted molar refractivity (Wildman–Crippen MR) is 72.9 cm³/mol. The lowest BCUT2D eigenvalue weighted by Crippen LogP contribution is -2.01. The van der Waals surface area contributed by atoms with E-state index in [1.165, 1.54) is 5.56 Å². The smallest absolute Gasteiger partial charge is 0.193 e. The molecule has 1 aromatic carbocycles. The first-order valence-electron chi connectivity index (χ1n) is 5.88. The Kier molecular flexibility index (Phi) is 2.89. The van der Waals surface area contributed by atoms with Gasteiger partial charge in [0.15, 0.2) is 4.96 Å². The molecule has 0 aliphatic rings. The summed E-state index contributed by atoms with van der Waals surface area (Å²) in [6.45, 7) is 2.04. The van der Waals surface area contributed by atoms with E-state index in [0.29, 0.717) is 6.42 Å². The van der Waals surface area contributed by atoms with Crippen LogP contribution in [0.3, 0.4) is 0 Å². The lowest BCUT2D eigenvalue weighted by atomic mass is 10.0. The number of hydrogen-bond acceptors (Lipinski definition) is 3. The van der Waals surface area contributed by atoms with Crippen molar-refractivity contribution < 1.29 is 5.11 Å². The van der Waals surface area contributed by atoms with Crippen LogP contribution >= 0.6 is 11.3 Å². The van der Waals surface area contributed by atoms with Gasteiger partial charge in [-0.3, -0.25) is 4.40 Å². The van der Waals surface area contributed by atoms with Gasteiger partial charge in [-0.1, -0.05) is 29.8 Å². The molecule has 0 aliphatic carbocycles. The first kappa shape index (κ1) is 11.4. The number of aryl methyl sites for hydroxylation is 1. The quantitative estimate of drug-likeness (QED) is 0.784. The van der Waals surface area contributed by atoms with E-state index in [1.54, 1.807) is 11.3 Å². The zero-order chi connectivity index (χ0) is 12.5. The van der Waals surface area contributed by atoms with E-state index in [-0.39, 0.29) is 0 Å². The number of aromatic nitrogens is 2. The monoisotopic (exact) mass is 258 g/mol. The van der Waals surface area contributed by atoms with Gasteiger partial charge in [0.2, 0.25) is 0 Å². The van der Waals surface area contributed by atoms with Crippen LogP contribution in [0.2, 0.25) is 0 Å². The molecule has 0 saturated carbocycles. The zero-order valence-corrected chi connectivity index (χ0v) is 10.9. The highest BCUT2D eigenvalue weighted by Crippen LogP contribution is 2.20.